The summed E-state index contributed by atoms with van der Waals surface area (Å²) in [4.78, 5) is 38.3. The number of amides is 2. The third kappa shape index (κ3) is 5.67. The van der Waals surface area contributed by atoms with E-state index in [1.54, 1.807) is 17.0 Å². The number of rotatable bonds is 7. The SMILES string of the molecule is O=C(O)C(CNC(=O)C1CCN(C(=O)c2ccccc2)CC1)Cc1ccccc1. The minimum absolute atomic E-state index is 0.0155. The first-order chi connectivity index (χ1) is 14.0. The van der Waals surface area contributed by atoms with E-state index < -0.39 is 11.9 Å². The molecule has 152 valence electrons. The molecule has 0 spiro atoms. The monoisotopic (exact) mass is 394 g/mol. The van der Waals surface area contributed by atoms with Crippen molar-refractivity contribution in [2.45, 2.75) is 19.3 Å². The first-order valence-electron chi connectivity index (χ1n) is 9.93. The molecule has 1 saturated heterocycles. The van der Waals surface area contributed by atoms with Gasteiger partial charge in [-0.2, -0.15) is 0 Å². The molecular formula is C23H26N2O4. The smallest absolute Gasteiger partial charge is 0.308 e. The maximum atomic E-state index is 12.5. The van der Waals surface area contributed by atoms with Crippen LogP contribution < -0.4 is 5.32 Å². The second kappa shape index (κ2) is 9.87. The van der Waals surface area contributed by atoms with Crippen molar-refractivity contribution in [2.24, 2.45) is 11.8 Å². The van der Waals surface area contributed by atoms with Crippen LogP contribution in [0, 0.1) is 11.8 Å². The van der Waals surface area contributed by atoms with Gasteiger partial charge < -0.3 is 15.3 Å². The second-order valence-electron chi connectivity index (χ2n) is 7.40. The maximum absolute atomic E-state index is 12.5. The van der Waals surface area contributed by atoms with Gasteiger partial charge in [-0.1, -0.05) is 48.5 Å². The molecule has 3 rings (SSSR count). The van der Waals surface area contributed by atoms with Gasteiger partial charge in [0.15, 0.2) is 0 Å². The average Bonchev–Trinajstić information content (AvgIpc) is 2.77. The minimum Gasteiger partial charge on any atom is -0.481 e. The summed E-state index contributed by atoms with van der Waals surface area (Å²) in [6.45, 7) is 1.16. The molecule has 6 heteroatoms. The quantitative estimate of drug-likeness (QED) is 0.756. The molecule has 2 N–H and O–H groups in total. The van der Waals surface area contributed by atoms with Gasteiger partial charge in [-0.15, -0.1) is 0 Å². The maximum Gasteiger partial charge on any atom is 0.308 e. The third-order valence-electron chi connectivity index (χ3n) is 5.37. The van der Waals surface area contributed by atoms with Gasteiger partial charge in [0.25, 0.3) is 5.91 Å². The number of hydrogen-bond donors (Lipinski definition) is 2. The highest BCUT2D eigenvalue weighted by Gasteiger charge is 2.28. The third-order valence-corrected chi connectivity index (χ3v) is 5.37. The average molecular weight is 394 g/mol. The Morgan fingerprint density at radius 1 is 0.966 bits per heavy atom. The van der Waals surface area contributed by atoms with E-state index >= 15 is 0 Å². The van der Waals surface area contributed by atoms with Crippen molar-refractivity contribution in [3.8, 4) is 0 Å². The van der Waals surface area contributed by atoms with Crippen LogP contribution in [-0.2, 0) is 16.0 Å². The molecule has 1 atom stereocenters. The standard InChI is InChI=1S/C23H26N2O4/c26-21(24-16-20(23(28)29)15-17-7-3-1-4-8-17)18-11-13-25(14-12-18)22(27)19-9-5-2-6-10-19/h1-10,18,20H,11-16H2,(H,24,26)(H,28,29). The number of carboxylic acids is 1. The summed E-state index contributed by atoms with van der Waals surface area (Å²) < 4.78 is 0. The van der Waals surface area contributed by atoms with Crippen LogP contribution in [0.2, 0.25) is 0 Å². The molecule has 2 amide bonds. The number of hydrogen-bond acceptors (Lipinski definition) is 3. The van der Waals surface area contributed by atoms with Crippen LogP contribution >= 0.6 is 0 Å². The summed E-state index contributed by atoms with van der Waals surface area (Å²) in [5.41, 5.74) is 1.59. The number of carbonyl (C=O) groups excluding carboxylic acids is 2. The summed E-state index contributed by atoms with van der Waals surface area (Å²) in [7, 11) is 0. The molecule has 0 aromatic heterocycles. The molecule has 0 bridgehead atoms. The molecule has 1 unspecified atom stereocenters. The van der Waals surface area contributed by atoms with Crippen LogP contribution in [0.25, 0.3) is 0 Å². The first kappa shape index (κ1) is 20.6. The van der Waals surface area contributed by atoms with Crippen LogP contribution in [0.15, 0.2) is 60.7 Å². The summed E-state index contributed by atoms with van der Waals surface area (Å²) in [5.74, 6) is -1.92. The highest BCUT2D eigenvalue weighted by atomic mass is 16.4. The zero-order valence-electron chi connectivity index (χ0n) is 16.3. The molecule has 0 aliphatic carbocycles. The largest absolute Gasteiger partial charge is 0.481 e. The first-order valence-corrected chi connectivity index (χ1v) is 9.93. The molecule has 1 aliphatic rings. The van der Waals surface area contributed by atoms with Crippen molar-refractivity contribution in [1.82, 2.24) is 10.2 Å². The van der Waals surface area contributed by atoms with Crippen LogP contribution in [-0.4, -0.2) is 47.4 Å². The van der Waals surface area contributed by atoms with Crippen molar-refractivity contribution in [2.75, 3.05) is 19.6 Å². The lowest BCUT2D eigenvalue weighted by Gasteiger charge is -2.31. The summed E-state index contributed by atoms with van der Waals surface area (Å²) in [6.07, 6.45) is 1.54. The van der Waals surface area contributed by atoms with Crippen molar-refractivity contribution < 1.29 is 19.5 Å². The number of nitrogens with one attached hydrogen (secondary N) is 1. The Bertz CT molecular complexity index is 830. The van der Waals surface area contributed by atoms with E-state index in [9.17, 15) is 19.5 Å². The number of nitrogens with zero attached hydrogens (tertiary/aromatic N) is 1. The fraction of sp³-hybridized carbons (Fsp3) is 0.348. The van der Waals surface area contributed by atoms with Crippen molar-refractivity contribution in [3.05, 3.63) is 71.8 Å². The van der Waals surface area contributed by atoms with Gasteiger partial charge in [-0.05, 0) is 37.0 Å². The van der Waals surface area contributed by atoms with E-state index in [0.717, 1.165) is 5.56 Å². The number of piperidine rings is 1. The summed E-state index contributed by atoms with van der Waals surface area (Å²) >= 11 is 0. The molecule has 0 radical (unpaired) electrons. The van der Waals surface area contributed by atoms with E-state index in [1.165, 1.54) is 0 Å². The Balaban J connectivity index is 1.47. The number of benzene rings is 2. The number of likely N-dealkylation sites (tertiary alicyclic amines) is 1. The Hall–Kier alpha value is -3.15. The van der Waals surface area contributed by atoms with Gasteiger partial charge in [0.2, 0.25) is 5.91 Å². The zero-order valence-corrected chi connectivity index (χ0v) is 16.3. The van der Waals surface area contributed by atoms with Gasteiger partial charge >= 0.3 is 5.97 Å². The predicted octanol–water partition coefficient (Wildman–Crippen LogP) is 2.60. The molecular weight excluding hydrogens is 368 g/mol. The van der Waals surface area contributed by atoms with Gasteiger partial charge in [0.05, 0.1) is 5.92 Å². The Labute approximate surface area is 170 Å². The molecule has 6 nitrogen and oxygen atoms in total. The van der Waals surface area contributed by atoms with Crippen molar-refractivity contribution >= 4 is 17.8 Å². The van der Waals surface area contributed by atoms with Crippen LogP contribution in [0.1, 0.15) is 28.8 Å². The van der Waals surface area contributed by atoms with E-state index in [0.29, 0.717) is 37.9 Å². The van der Waals surface area contributed by atoms with Crippen LogP contribution in [0.3, 0.4) is 0 Å². The zero-order chi connectivity index (χ0) is 20.6. The number of aliphatic carboxylic acids is 1. The lowest BCUT2D eigenvalue weighted by Crippen LogP contribution is -2.44. The molecule has 2 aromatic carbocycles. The molecule has 29 heavy (non-hydrogen) atoms. The van der Waals surface area contributed by atoms with E-state index in [-0.39, 0.29) is 24.3 Å². The van der Waals surface area contributed by atoms with E-state index in [2.05, 4.69) is 5.32 Å². The molecule has 1 heterocycles. The summed E-state index contributed by atoms with van der Waals surface area (Å²) in [6, 6.07) is 18.5. The molecule has 1 fully saturated rings. The van der Waals surface area contributed by atoms with Gasteiger partial charge in [0.1, 0.15) is 0 Å². The topological polar surface area (TPSA) is 86.7 Å². The highest BCUT2D eigenvalue weighted by Crippen LogP contribution is 2.19. The fourth-order valence-corrected chi connectivity index (χ4v) is 3.62. The number of carboxylic acid groups (broad SMARTS) is 1. The lowest BCUT2D eigenvalue weighted by molar-refractivity contribution is -0.141. The Morgan fingerprint density at radius 3 is 2.14 bits per heavy atom. The van der Waals surface area contributed by atoms with Gasteiger partial charge in [-0.3, -0.25) is 14.4 Å². The molecule has 0 saturated carbocycles. The minimum atomic E-state index is -0.919. The summed E-state index contributed by atoms with van der Waals surface area (Å²) in [5, 5.41) is 12.3. The number of carbonyl (C=O) groups is 3. The molecule has 2 aromatic rings. The van der Waals surface area contributed by atoms with E-state index in [4.69, 9.17) is 0 Å². The fourth-order valence-electron chi connectivity index (χ4n) is 3.62. The van der Waals surface area contributed by atoms with Crippen molar-refractivity contribution in [3.63, 3.8) is 0 Å². The van der Waals surface area contributed by atoms with E-state index in [1.807, 2.05) is 48.5 Å². The lowest BCUT2D eigenvalue weighted by atomic mass is 9.94. The highest BCUT2D eigenvalue weighted by molar-refractivity contribution is 5.94. The Morgan fingerprint density at radius 2 is 1.55 bits per heavy atom. The van der Waals surface area contributed by atoms with Crippen molar-refractivity contribution in [1.29, 1.82) is 0 Å². The van der Waals surface area contributed by atoms with Crippen LogP contribution in [0.5, 0.6) is 0 Å². The van der Waals surface area contributed by atoms with Crippen LogP contribution in [0.4, 0.5) is 0 Å². The second-order valence-corrected chi connectivity index (χ2v) is 7.40. The van der Waals surface area contributed by atoms with Gasteiger partial charge in [0, 0.05) is 31.1 Å². The predicted molar refractivity (Wildman–Crippen MR) is 109 cm³/mol. The molecule has 1 aliphatic heterocycles. The van der Waals surface area contributed by atoms with Gasteiger partial charge in [-0.25, -0.2) is 0 Å². The Kier molecular flexibility index (Phi) is 7.00. The normalized spacial score (nSPS) is 15.5.